The van der Waals surface area contributed by atoms with E-state index < -0.39 is 30.0 Å². The first-order valence-corrected chi connectivity index (χ1v) is 14.6. The van der Waals surface area contributed by atoms with E-state index in [1.165, 1.54) is 16.5 Å². The lowest BCUT2D eigenvalue weighted by Gasteiger charge is -2.28. The van der Waals surface area contributed by atoms with Crippen molar-refractivity contribution in [3.8, 4) is 0 Å². The van der Waals surface area contributed by atoms with Gasteiger partial charge in [-0.15, -0.1) is 0 Å². The van der Waals surface area contributed by atoms with Crippen molar-refractivity contribution >= 4 is 47.2 Å². The van der Waals surface area contributed by atoms with Gasteiger partial charge in [0.1, 0.15) is 12.6 Å². The van der Waals surface area contributed by atoms with Crippen molar-refractivity contribution in [3.63, 3.8) is 0 Å². The predicted molar refractivity (Wildman–Crippen MR) is 160 cm³/mol. The average Bonchev–Trinajstić information content (AvgIpc) is 3.40. The summed E-state index contributed by atoms with van der Waals surface area (Å²) in [6, 6.07) is 16.5. The number of nitrogens with one attached hydrogen (secondary N) is 3. The number of amides is 4. The van der Waals surface area contributed by atoms with E-state index in [2.05, 4.69) is 16.0 Å². The number of carboxylic acid groups (broad SMARTS) is 1. The summed E-state index contributed by atoms with van der Waals surface area (Å²) in [5, 5.41) is 17.7. The number of benzene rings is 3. The largest absolute Gasteiger partial charge is 0.465 e. The van der Waals surface area contributed by atoms with Gasteiger partial charge in [0.05, 0.1) is 28.2 Å². The van der Waals surface area contributed by atoms with Crippen LogP contribution < -0.4 is 16.0 Å². The minimum atomic E-state index is -1.26. The molecule has 1 aliphatic heterocycles. The summed E-state index contributed by atoms with van der Waals surface area (Å²) in [6.07, 6.45) is 0.839. The SMILES string of the molecule is O=C(NCC(NC(=O)c1c(Cl)cc2c(c1Cl)CCN(C(=O)O)C2)C(=O)OCc1ccccc1)N[C@@H]1CCc2ccccc21. The molecule has 4 amide bonds. The maximum atomic E-state index is 13.5. The van der Waals surface area contributed by atoms with E-state index in [0.29, 0.717) is 17.5 Å². The quantitative estimate of drug-likeness (QED) is 0.264. The predicted octanol–water partition coefficient (Wildman–Crippen LogP) is 4.86. The molecular formula is C31H30Cl2N4O6. The Kier molecular flexibility index (Phi) is 9.37. The van der Waals surface area contributed by atoms with Crippen LogP contribution in [-0.2, 0) is 35.5 Å². The fraction of sp³-hybridized carbons (Fsp3) is 0.290. The number of hydrogen-bond acceptors (Lipinski definition) is 5. The Bertz CT molecular complexity index is 1550. The smallest absolute Gasteiger partial charge is 0.407 e. The van der Waals surface area contributed by atoms with Gasteiger partial charge in [0.25, 0.3) is 5.91 Å². The van der Waals surface area contributed by atoms with Crippen molar-refractivity contribution in [3.05, 3.63) is 104 Å². The Hall–Kier alpha value is -4.28. The molecule has 2 aliphatic rings. The van der Waals surface area contributed by atoms with Crippen LogP contribution in [0.1, 0.15) is 50.6 Å². The molecule has 0 radical (unpaired) electrons. The first-order valence-electron chi connectivity index (χ1n) is 13.8. The highest BCUT2D eigenvalue weighted by molar-refractivity contribution is 6.40. The van der Waals surface area contributed by atoms with Gasteiger partial charge in [-0.3, -0.25) is 4.79 Å². The van der Waals surface area contributed by atoms with Gasteiger partial charge in [0.15, 0.2) is 0 Å². The van der Waals surface area contributed by atoms with Gasteiger partial charge < -0.3 is 30.7 Å². The number of carbonyl (C=O) groups excluding carboxylic acids is 3. The summed E-state index contributed by atoms with van der Waals surface area (Å²) >= 11 is 13.1. The molecule has 12 heteroatoms. The molecule has 0 saturated heterocycles. The standard InChI is InChI=1S/C31H30Cl2N4O6/c32-23-14-20-16-37(31(41)42)13-12-22(20)27(33)26(23)28(38)35-25(29(39)43-17-18-6-2-1-3-7-18)15-34-30(40)36-24-11-10-19-8-4-5-9-21(19)24/h1-9,14,24-25H,10-13,15-17H2,(H,35,38)(H,41,42)(H2,34,36,40)/t24-,25?/m1/s1. The van der Waals surface area contributed by atoms with Crippen molar-refractivity contribution in [1.29, 1.82) is 0 Å². The molecule has 0 fully saturated rings. The van der Waals surface area contributed by atoms with Crippen LogP contribution >= 0.6 is 23.2 Å². The molecule has 1 unspecified atom stereocenters. The summed E-state index contributed by atoms with van der Waals surface area (Å²) in [7, 11) is 0. The second-order valence-electron chi connectivity index (χ2n) is 10.4. The molecular weight excluding hydrogens is 595 g/mol. The lowest BCUT2D eigenvalue weighted by molar-refractivity contribution is -0.147. The van der Waals surface area contributed by atoms with Gasteiger partial charge in [-0.25, -0.2) is 14.4 Å². The van der Waals surface area contributed by atoms with E-state index >= 15 is 0 Å². The Morgan fingerprint density at radius 3 is 2.51 bits per heavy atom. The molecule has 3 aromatic rings. The van der Waals surface area contributed by atoms with E-state index in [1.54, 1.807) is 12.1 Å². The second kappa shape index (κ2) is 13.4. The van der Waals surface area contributed by atoms with Crippen LogP contribution in [0.3, 0.4) is 0 Å². The summed E-state index contributed by atoms with van der Waals surface area (Å²) in [6.45, 7) is 0.0134. The number of aryl methyl sites for hydroxylation is 1. The van der Waals surface area contributed by atoms with Crippen molar-refractivity contribution in [2.24, 2.45) is 0 Å². The molecule has 5 rings (SSSR count). The number of esters is 1. The van der Waals surface area contributed by atoms with E-state index in [9.17, 15) is 24.3 Å². The van der Waals surface area contributed by atoms with Crippen LogP contribution in [0.4, 0.5) is 9.59 Å². The van der Waals surface area contributed by atoms with E-state index in [0.717, 1.165) is 24.0 Å². The highest BCUT2D eigenvalue weighted by Gasteiger charge is 2.30. The highest BCUT2D eigenvalue weighted by Crippen LogP contribution is 2.35. The molecule has 224 valence electrons. The zero-order valence-electron chi connectivity index (χ0n) is 23.1. The molecule has 0 spiro atoms. The topological polar surface area (TPSA) is 137 Å². The molecule has 10 nitrogen and oxygen atoms in total. The number of hydrogen-bond donors (Lipinski definition) is 4. The van der Waals surface area contributed by atoms with Crippen LogP contribution in [0.2, 0.25) is 10.0 Å². The number of ether oxygens (including phenoxy) is 1. The molecule has 0 aromatic heterocycles. The normalized spacial score (nSPS) is 16.0. The minimum Gasteiger partial charge on any atom is -0.465 e. The maximum Gasteiger partial charge on any atom is 0.407 e. The van der Waals surface area contributed by atoms with Crippen molar-refractivity contribution < 1.29 is 29.0 Å². The van der Waals surface area contributed by atoms with Gasteiger partial charge in [0, 0.05) is 13.1 Å². The number of carbonyl (C=O) groups is 4. The third kappa shape index (κ3) is 7.03. The Labute approximate surface area is 258 Å². The molecule has 2 atom stereocenters. The molecule has 4 N–H and O–H groups in total. The van der Waals surface area contributed by atoms with Crippen LogP contribution in [-0.4, -0.2) is 53.1 Å². The maximum absolute atomic E-state index is 13.5. The van der Waals surface area contributed by atoms with Crippen molar-refractivity contribution in [2.45, 2.75) is 44.5 Å². The van der Waals surface area contributed by atoms with Gasteiger partial charge in [-0.05, 0) is 53.1 Å². The van der Waals surface area contributed by atoms with Crippen LogP contribution in [0.25, 0.3) is 0 Å². The number of fused-ring (bicyclic) bond motifs is 2. The third-order valence-electron chi connectivity index (χ3n) is 7.62. The van der Waals surface area contributed by atoms with Gasteiger partial charge in [0.2, 0.25) is 0 Å². The van der Waals surface area contributed by atoms with Crippen molar-refractivity contribution in [1.82, 2.24) is 20.9 Å². The second-order valence-corrected chi connectivity index (χ2v) is 11.2. The first-order chi connectivity index (χ1) is 20.7. The van der Waals surface area contributed by atoms with E-state index in [-0.39, 0.29) is 47.9 Å². The fourth-order valence-corrected chi connectivity index (χ4v) is 6.15. The Morgan fingerprint density at radius 1 is 1.00 bits per heavy atom. The summed E-state index contributed by atoms with van der Waals surface area (Å²) in [4.78, 5) is 52.1. The first kappa shape index (κ1) is 30.2. The monoisotopic (exact) mass is 624 g/mol. The van der Waals surface area contributed by atoms with Gasteiger partial charge in [-0.2, -0.15) is 0 Å². The van der Waals surface area contributed by atoms with E-state index in [4.69, 9.17) is 27.9 Å². The lowest BCUT2D eigenvalue weighted by atomic mass is 9.96. The third-order valence-corrected chi connectivity index (χ3v) is 8.34. The zero-order valence-corrected chi connectivity index (χ0v) is 24.6. The molecule has 0 saturated carbocycles. The number of halogens is 2. The Balaban J connectivity index is 1.30. The van der Waals surface area contributed by atoms with Crippen LogP contribution in [0.5, 0.6) is 0 Å². The fourth-order valence-electron chi connectivity index (χ4n) is 5.39. The van der Waals surface area contributed by atoms with Crippen LogP contribution in [0.15, 0.2) is 60.7 Å². The van der Waals surface area contributed by atoms with E-state index in [1.807, 2.05) is 42.5 Å². The molecule has 3 aromatic carbocycles. The minimum absolute atomic E-state index is 0.00972. The number of nitrogens with zero attached hydrogens (tertiary/aromatic N) is 1. The van der Waals surface area contributed by atoms with Crippen molar-refractivity contribution in [2.75, 3.05) is 13.1 Å². The number of rotatable bonds is 8. The van der Waals surface area contributed by atoms with Gasteiger partial charge in [-0.1, -0.05) is 77.8 Å². The summed E-state index contributed by atoms with van der Waals surface area (Å²) in [5.41, 5.74) is 4.16. The lowest BCUT2D eigenvalue weighted by Crippen LogP contribution is -2.51. The molecule has 0 bridgehead atoms. The van der Waals surface area contributed by atoms with Crippen LogP contribution in [0, 0.1) is 0 Å². The zero-order chi connectivity index (χ0) is 30.5. The summed E-state index contributed by atoms with van der Waals surface area (Å²) < 4.78 is 5.47. The highest BCUT2D eigenvalue weighted by atomic mass is 35.5. The number of urea groups is 1. The molecule has 43 heavy (non-hydrogen) atoms. The molecule has 1 heterocycles. The van der Waals surface area contributed by atoms with Gasteiger partial charge >= 0.3 is 18.1 Å². The molecule has 1 aliphatic carbocycles. The Morgan fingerprint density at radius 2 is 1.74 bits per heavy atom. The average molecular weight is 626 g/mol. The summed E-state index contributed by atoms with van der Waals surface area (Å²) in [5.74, 6) is -1.49.